The van der Waals surface area contributed by atoms with E-state index in [1.807, 2.05) is 30.1 Å². The van der Waals surface area contributed by atoms with Crippen molar-refractivity contribution >= 4 is 11.8 Å². The van der Waals surface area contributed by atoms with Crippen molar-refractivity contribution in [3.63, 3.8) is 0 Å². The van der Waals surface area contributed by atoms with E-state index in [0.717, 1.165) is 5.69 Å². The number of halogens is 1. The maximum absolute atomic E-state index is 14.0. The standard InChI is InChI=1S/C18H27FN4O3/c1-3-26-13-18(25)23-9-14(19)8-16(11-23)21-17(24)12-22(2)10-15-6-4-5-7-20-15/h4-7,14,16H,3,8-13H2,1-2H3,(H,21,24)/t14-,16+/m1/s1. The van der Waals surface area contributed by atoms with Crippen LogP contribution in [0.5, 0.6) is 0 Å². The average Bonchev–Trinajstić information content (AvgIpc) is 2.59. The SMILES string of the molecule is CCOCC(=O)N1C[C@H](F)C[C@H](NC(=O)CN(C)Cc2ccccn2)C1. The van der Waals surface area contributed by atoms with Crippen LogP contribution in [0.3, 0.4) is 0 Å². The highest BCUT2D eigenvalue weighted by molar-refractivity contribution is 5.79. The van der Waals surface area contributed by atoms with Crippen LogP contribution in [-0.4, -0.2) is 78.7 Å². The molecular formula is C18H27FN4O3. The summed E-state index contributed by atoms with van der Waals surface area (Å²) in [5.41, 5.74) is 0.872. The monoisotopic (exact) mass is 366 g/mol. The Labute approximate surface area is 153 Å². The van der Waals surface area contributed by atoms with Gasteiger partial charge in [0, 0.05) is 38.4 Å². The number of ether oxygens (including phenoxy) is 1. The van der Waals surface area contributed by atoms with Crippen molar-refractivity contribution in [2.45, 2.75) is 32.1 Å². The fraction of sp³-hybridized carbons (Fsp3) is 0.611. The largest absolute Gasteiger partial charge is 0.372 e. The van der Waals surface area contributed by atoms with E-state index in [1.54, 1.807) is 13.1 Å². The predicted molar refractivity (Wildman–Crippen MR) is 95.1 cm³/mol. The molecule has 0 unspecified atom stereocenters. The molecule has 2 atom stereocenters. The van der Waals surface area contributed by atoms with Gasteiger partial charge < -0.3 is 15.0 Å². The first kappa shape index (κ1) is 20.3. The molecule has 1 aliphatic heterocycles. The van der Waals surface area contributed by atoms with Gasteiger partial charge in [0.1, 0.15) is 12.8 Å². The number of rotatable bonds is 8. The summed E-state index contributed by atoms with van der Waals surface area (Å²) < 4.78 is 19.1. The van der Waals surface area contributed by atoms with Crippen LogP contribution in [0, 0.1) is 0 Å². The first-order chi connectivity index (χ1) is 12.5. The van der Waals surface area contributed by atoms with Gasteiger partial charge in [0.25, 0.3) is 0 Å². The highest BCUT2D eigenvalue weighted by Gasteiger charge is 2.30. The van der Waals surface area contributed by atoms with Crippen molar-refractivity contribution in [2.75, 3.05) is 39.9 Å². The van der Waals surface area contributed by atoms with Crippen molar-refractivity contribution in [3.05, 3.63) is 30.1 Å². The van der Waals surface area contributed by atoms with E-state index in [9.17, 15) is 14.0 Å². The van der Waals surface area contributed by atoms with E-state index in [-0.39, 0.29) is 44.0 Å². The first-order valence-electron chi connectivity index (χ1n) is 8.85. The first-order valence-corrected chi connectivity index (χ1v) is 8.85. The minimum absolute atomic E-state index is 0.0534. The Bertz CT molecular complexity index is 587. The van der Waals surface area contributed by atoms with Gasteiger partial charge in [-0.1, -0.05) is 6.07 Å². The molecular weight excluding hydrogens is 339 g/mol. The number of pyridine rings is 1. The lowest BCUT2D eigenvalue weighted by Gasteiger charge is -2.35. The molecule has 1 aliphatic rings. The Morgan fingerprint density at radius 1 is 1.42 bits per heavy atom. The normalized spacial score (nSPS) is 20.2. The third-order valence-corrected chi connectivity index (χ3v) is 4.12. The Hall–Kier alpha value is -2.06. The zero-order chi connectivity index (χ0) is 18.9. The summed E-state index contributed by atoms with van der Waals surface area (Å²) in [5.74, 6) is -0.444. The van der Waals surface area contributed by atoms with Crippen LogP contribution in [0.25, 0.3) is 0 Å². The molecule has 26 heavy (non-hydrogen) atoms. The summed E-state index contributed by atoms with van der Waals surface area (Å²) in [6, 6.07) is 5.24. The summed E-state index contributed by atoms with van der Waals surface area (Å²) >= 11 is 0. The number of piperidine rings is 1. The second kappa shape index (κ2) is 10.2. The highest BCUT2D eigenvalue weighted by atomic mass is 19.1. The van der Waals surface area contributed by atoms with Crippen molar-refractivity contribution in [3.8, 4) is 0 Å². The molecule has 0 bridgehead atoms. The molecule has 1 aromatic rings. The molecule has 2 rings (SSSR count). The minimum atomic E-state index is -1.15. The molecule has 144 valence electrons. The van der Waals surface area contributed by atoms with E-state index in [0.29, 0.717) is 19.7 Å². The van der Waals surface area contributed by atoms with Crippen LogP contribution in [0.4, 0.5) is 4.39 Å². The lowest BCUT2D eigenvalue weighted by molar-refractivity contribution is -0.139. The molecule has 2 heterocycles. The van der Waals surface area contributed by atoms with Crippen molar-refractivity contribution in [1.82, 2.24) is 20.1 Å². The average molecular weight is 366 g/mol. The van der Waals surface area contributed by atoms with Crippen molar-refractivity contribution < 1.29 is 18.7 Å². The molecule has 0 spiro atoms. The van der Waals surface area contributed by atoms with Crippen LogP contribution in [0.15, 0.2) is 24.4 Å². The molecule has 8 heteroatoms. The topological polar surface area (TPSA) is 74.8 Å². The van der Waals surface area contributed by atoms with Crippen LogP contribution in [0.1, 0.15) is 19.0 Å². The Morgan fingerprint density at radius 2 is 2.23 bits per heavy atom. The molecule has 0 aromatic carbocycles. The molecule has 1 fully saturated rings. The third-order valence-electron chi connectivity index (χ3n) is 4.12. The zero-order valence-electron chi connectivity index (χ0n) is 15.4. The van der Waals surface area contributed by atoms with Gasteiger partial charge in [-0.2, -0.15) is 0 Å². The number of hydrogen-bond donors (Lipinski definition) is 1. The van der Waals surface area contributed by atoms with Gasteiger partial charge in [-0.05, 0) is 26.1 Å². The van der Waals surface area contributed by atoms with E-state index in [4.69, 9.17) is 4.74 Å². The van der Waals surface area contributed by atoms with Gasteiger partial charge in [0.2, 0.25) is 11.8 Å². The number of amides is 2. The lowest BCUT2D eigenvalue weighted by atomic mass is 10.0. The molecule has 1 aromatic heterocycles. The summed E-state index contributed by atoms with van der Waals surface area (Å²) in [7, 11) is 1.82. The van der Waals surface area contributed by atoms with E-state index in [2.05, 4.69) is 10.3 Å². The van der Waals surface area contributed by atoms with Gasteiger partial charge in [-0.3, -0.25) is 19.5 Å². The molecule has 1 N–H and O–H groups in total. The van der Waals surface area contributed by atoms with Crippen molar-refractivity contribution in [2.24, 2.45) is 0 Å². The maximum atomic E-state index is 14.0. The molecule has 2 amide bonds. The number of likely N-dealkylation sites (N-methyl/N-ethyl adjacent to an activating group) is 1. The van der Waals surface area contributed by atoms with Gasteiger partial charge in [-0.15, -0.1) is 0 Å². The Balaban J connectivity index is 1.80. The number of likely N-dealkylation sites (tertiary alicyclic amines) is 1. The maximum Gasteiger partial charge on any atom is 0.248 e. The summed E-state index contributed by atoms with van der Waals surface area (Å²) in [6.07, 6.45) is 0.778. The second-order valence-corrected chi connectivity index (χ2v) is 6.53. The molecule has 1 saturated heterocycles. The summed E-state index contributed by atoms with van der Waals surface area (Å²) in [6.45, 7) is 3.25. The fourth-order valence-electron chi connectivity index (χ4n) is 2.97. The highest BCUT2D eigenvalue weighted by Crippen LogP contribution is 2.14. The number of nitrogens with zero attached hydrogens (tertiary/aromatic N) is 3. The van der Waals surface area contributed by atoms with E-state index >= 15 is 0 Å². The predicted octanol–water partition coefficient (Wildman–Crippen LogP) is 0.605. The summed E-state index contributed by atoms with van der Waals surface area (Å²) in [4.78, 5) is 31.8. The number of aromatic nitrogens is 1. The van der Waals surface area contributed by atoms with Gasteiger partial charge in [0.05, 0.1) is 18.8 Å². The molecule has 0 saturated carbocycles. The van der Waals surface area contributed by atoms with Crippen LogP contribution < -0.4 is 5.32 Å². The Morgan fingerprint density at radius 3 is 2.92 bits per heavy atom. The van der Waals surface area contributed by atoms with Gasteiger partial charge in [-0.25, -0.2) is 4.39 Å². The number of alkyl halides is 1. The lowest BCUT2D eigenvalue weighted by Crippen LogP contribution is -2.55. The van der Waals surface area contributed by atoms with Crippen molar-refractivity contribution in [1.29, 1.82) is 0 Å². The number of nitrogens with one attached hydrogen (secondary N) is 1. The Kier molecular flexibility index (Phi) is 7.93. The van der Waals surface area contributed by atoms with Crippen LogP contribution in [-0.2, 0) is 20.9 Å². The number of carbonyl (C=O) groups is 2. The minimum Gasteiger partial charge on any atom is -0.372 e. The van der Waals surface area contributed by atoms with Gasteiger partial charge in [0.15, 0.2) is 0 Å². The molecule has 0 aliphatic carbocycles. The van der Waals surface area contributed by atoms with Crippen LogP contribution in [0.2, 0.25) is 0 Å². The molecule has 0 radical (unpaired) electrons. The van der Waals surface area contributed by atoms with Crippen LogP contribution >= 0.6 is 0 Å². The molecule has 7 nitrogen and oxygen atoms in total. The van der Waals surface area contributed by atoms with E-state index < -0.39 is 6.17 Å². The zero-order valence-corrected chi connectivity index (χ0v) is 15.4. The third kappa shape index (κ3) is 6.68. The fourth-order valence-corrected chi connectivity index (χ4v) is 2.97. The smallest absolute Gasteiger partial charge is 0.248 e. The van der Waals surface area contributed by atoms with Gasteiger partial charge >= 0.3 is 0 Å². The number of hydrogen-bond acceptors (Lipinski definition) is 5. The summed E-state index contributed by atoms with van der Waals surface area (Å²) in [5, 5.41) is 2.83. The quantitative estimate of drug-likeness (QED) is 0.730. The number of carbonyl (C=O) groups excluding carboxylic acids is 2. The van der Waals surface area contributed by atoms with E-state index in [1.165, 1.54) is 4.90 Å². The second-order valence-electron chi connectivity index (χ2n) is 6.53.